The maximum atomic E-state index is 8.61. The summed E-state index contributed by atoms with van der Waals surface area (Å²) in [5.41, 5.74) is 11.0. The number of hydrogen-bond acceptors (Lipinski definition) is 3. The zero-order valence-corrected chi connectivity index (χ0v) is 15.3. The Labute approximate surface area is 157 Å². The molecule has 0 saturated heterocycles. The lowest BCUT2D eigenvalue weighted by atomic mass is 10.1. The summed E-state index contributed by atoms with van der Waals surface area (Å²) in [4.78, 5) is 5.41. The number of aryl methyl sites for hydroxylation is 2. The molecule has 2 aromatic carbocycles. The van der Waals surface area contributed by atoms with Crippen LogP contribution in [0, 0.1) is 0 Å². The Balaban J connectivity index is 1.56. The van der Waals surface area contributed by atoms with E-state index in [9.17, 15) is 0 Å². The molecule has 132 valence electrons. The van der Waals surface area contributed by atoms with Crippen LogP contribution in [0.2, 0.25) is 0 Å². The molecule has 4 nitrogen and oxygen atoms in total. The van der Waals surface area contributed by atoms with Crippen molar-refractivity contribution < 1.29 is 4.74 Å². The first kappa shape index (κ1) is 18.2. The minimum atomic E-state index is -0.220. The standard InChI is InChI=1S/C21H21N3OS/c22-24-23-15-21(18-9-5-2-6-10-18)25-16-20-14-13-19(26-20)12-11-17-7-3-1-4-8-17/h1-10,13-14,21H,11-12,15-16H2/t21-/m0/s1. The van der Waals surface area contributed by atoms with Crippen molar-refractivity contribution in [1.29, 1.82) is 0 Å². The Hall–Kier alpha value is -2.59. The Bertz CT molecular complexity index is 842. The highest BCUT2D eigenvalue weighted by atomic mass is 32.1. The fourth-order valence-electron chi connectivity index (χ4n) is 2.76. The van der Waals surface area contributed by atoms with E-state index in [1.54, 1.807) is 11.3 Å². The summed E-state index contributed by atoms with van der Waals surface area (Å²) < 4.78 is 6.04. The highest BCUT2D eigenvalue weighted by molar-refractivity contribution is 7.11. The molecule has 0 fully saturated rings. The fraction of sp³-hybridized carbons (Fsp3) is 0.238. The molecule has 0 radical (unpaired) electrons. The van der Waals surface area contributed by atoms with Gasteiger partial charge in [0.05, 0.1) is 19.3 Å². The predicted molar refractivity (Wildman–Crippen MR) is 106 cm³/mol. The smallest absolute Gasteiger partial charge is 0.0886 e. The molecular weight excluding hydrogens is 342 g/mol. The van der Waals surface area contributed by atoms with Gasteiger partial charge in [-0.3, -0.25) is 0 Å². The molecule has 0 aliphatic rings. The fourth-order valence-corrected chi connectivity index (χ4v) is 3.70. The summed E-state index contributed by atoms with van der Waals surface area (Å²) in [7, 11) is 0. The van der Waals surface area contributed by atoms with Gasteiger partial charge in [-0.05, 0) is 41.6 Å². The van der Waals surface area contributed by atoms with E-state index in [2.05, 4.69) is 46.4 Å². The first-order valence-corrected chi connectivity index (χ1v) is 9.45. The Morgan fingerprint density at radius 1 is 0.885 bits per heavy atom. The maximum Gasteiger partial charge on any atom is 0.0886 e. The van der Waals surface area contributed by atoms with Crippen LogP contribution in [-0.2, 0) is 24.2 Å². The zero-order chi connectivity index (χ0) is 18.0. The molecule has 1 heterocycles. The second kappa shape index (κ2) is 9.78. The van der Waals surface area contributed by atoms with Gasteiger partial charge < -0.3 is 4.74 Å². The molecule has 0 unspecified atom stereocenters. The third-order valence-electron chi connectivity index (χ3n) is 4.13. The Kier molecular flexibility index (Phi) is 6.85. The number of thiophene rings is 1. The first-order chi connectivity index (χ1) is 12.8. The lowest BCUT2D eigenvalue weighted by Gasteiger charge is -2.15. The van der Waals surface area contributed by atoms with E-state index < -0.39 is 0 Å². The van der Waals surface area contributed by atoms with Crippen LogP contribution < -0.4 is 0 Å². The van der Waals surface area contributed by atoms with Crippen LogP contribution in [0.15, 0.2) is 77.9 Å². The van der Waals surface area contributed by atoms with Crippen LogP contribution in [0.1, 0.15) is 27.0 Å². The number of azide groups is 1. The number of nitrogens with zero attached hydrogens (tertiary/aromatic N) is 3. The van der Waals surface area contributed by atoms with Crippen molar-refractivity contribution >= 4 is 11.3 Å². The number of ether oxygens (including phenoxy) is 1. The Morgan fingerprint density at radius 2 is 1.58 bits per heavy atom. The van der Waals surface area contributed by atoms with Crippen molar-refractivity contribution in [1.82, 2.24) is 0 Å². The highest BCUT2D eigenvalue weighted by Gasteiger charge is 2.12. The third kappa shape index (κ3) is 5.46. The highest BCUT2D eigenvalue weighted by Crippen LogP contribution is 2.24. The molecular formula is C21H21N3OS. The summed E-state index contributed by atoms with van der Waals surface area (Å²) in [6.07, 6.45) is 1.86. The molecule has 0 amide bonds. The summed E-state index contributed by atoms with van der Waals surface area (Å²) in [5.74, 6) is 0. The molecule has 5 heteroatoms. The molecule has 0 bridgehead atoms. The molecule has 1 atom stereocenters. The van der Waals surface area contributed by atoms with Gasteiger partial charge in [0.15, 0.2) is 0 Å². The SMILES string of the molecule is [N-]=[N+]=NC[C@H](OCc1ccc(CCc2ccccc2)s1)c1ccccc1. The zero-order valence-electron chi connectivity index (χ0n) is 14.5. The van der Waals surface area contributed by atoms with E-state index in [1.807, 2.05) is 36.4 Å². The molecule has 0 aliphatic carbocycles. The number of benzene rings is 2. The van der Waals surface area contributed by atoms with Gasteiger partial charge in [-0.1, -0.05) is 65.8 Å². The monoisotopic (exact) mass is 363 g/mol. The molecule has 26 heavy (non-hydrogen) atoms. The lowest BCUT2D eigenvalue weighted by molar-refractivity contribution is 0.0473. The number of hydrogen-bond donors (Lipinski definition) is 0. The average molecular weight is 363 g/mol. The summed E-state index contributed by atoms with van der Waals surface area (Å²) >= 11 is 1.78. The van der Waals surface area contributed by atoms with Gasteiger partial charge in [0.1, 0.15) is 0 Å². The van der Waals surface area contributed by atoms with E-state index in [0.717, 1.165) is 18.4 Å². The van der Waals surface area contributed by atoms with Gasteiger partial charge in [0, 0.05) is 14.7 Å². The largest absolute Gasteiger partial charge is 0.368 e. The van der Waals surface area contributed by atoms with E-state index in [0.29, 0.717) is 13.2 Å². The normalized spacial score (nSPS) is 11.7. The van der Waals surface area contributed by atoms with Crippen molar-refractivity contribution in [3.63, 3.8) is 0 Å². The lowest BCUT2D eigenvalue weighted by Crippen LogP contribution is -2.07. The minimum Gasteiger partial charge on any atom is -0.368 e. The van der Waals surface area contributed by atoms with Crippen molar-refractivity contribution in [2.45, 2.75) is 25.6 Å². The number of rotatable bonds is 9. The summed E-state index contributed by atoms with van der Waals surface area (Å²) in [6, 6.07) is 24.7. The van der Waals surface area contributed by atoms with Crippen LogP contribution in [0.5, 0.6) is 0 Å². The van der Waals surface area contributed by atoms with Gasteiger partial charge >= 0.3 is 0 Å². The van der Waals surface area contributed by atoms with E-state index in [-0.39, 0.29) is 6.10 Å². The molecule has 0 aliphatic heterocycles. The second-order valence-corrected chi connectivity index (χ2v) is 7.23. The van der Waals surface area contributed by atoms with Gasteiger partial charge in [0.2, 0.25) is 0 Å². The third-order valence-corrected chi connectivity index (χ3v) is 5.25. The van der Waals surface area contributed by atoms with Crippen LogP contribution in [0.25, 0.3) is 10.4 Å². The minimum absolute atomic E-state index is 0.220. The maximum absolute atomic E-state index is 8.61. The molecule has 0 N–H and O–H groups in total. The molecule has 0 spiro atoms. The van der Waals surface area contributed by atoms with Crippen molar-refractivity contribution in [2.24, 2.45) is 5.11 Å². The van der Waals surface area contributed by atoms with Crippen molar-refractivity contribution in [3.05, 3.63) is 104 Å². The van der Waals surface area contributed by atoms with Gasteiger partial charge in [0.25, 0.3) is 0 Å². The second-order valence-electron chi connectivity index (χ2n) is 5.98. The average Bonchev–Trinajstić information content (AvgIpc) is 3.16. The van der Waals surface area contributed by atoms with Crippen LogP contribution in [0.3, 0.4) is 0 Å². The van der Waals surface area contributed by atoms with Gasteiger partial charge in [-0.25, -0.2) is 0 Å². The molecule has 3 rings (SSSR count). The Morgan fingerprint density at radius 3 is 2.31 bits per heavy atom. The van der Waals surface area contributed by atoms with Crippen LogP contribution in [0.4, 0.5) is 0 Å². The topological polar surface area (TPSA) is 58.0 Å². The summed E-state index contributed by atoms with van der Waals surface area (Å²) in [6.45, 7) is 0.823. The van der Waals surface area contributed by atoms with E-state index in [1.165, 1.54) is 15.3 Å². The first-order valence-electron chi connectivity index (χ1n) is 8.64. The van der Waals surface area contributed by atoms with Crippen LogP contribution >= 0.6 is 11.3 Å². The van der Waals surface area contributed by atoms with E-state index >= 15 is 0 Å². The van der Waals surface area contributed by atoms with Crippen molar-refractivity contribution in [2.75, 3.05) is 6.54 Å². The van der Waals surface area contributed by atoms with Gasteiger partial charge in [-0.15, -0.1) is 11.3 Å². The quantitative estimate of drug-likeness (QED) is 0.257. The van der Waals surface area contributed by atoms with Crippen molar-refractivity contribution in [3.8, 4) is 0 Å². The molecule has 1 aromatic heterocycles. The van der Waals surface area contributed by atoms with E-state index in [4.69, 9.17) is 10.3 Å². The predicted octanol–water partition coefficient (Wildman–Crippen LogP) is 6.10. The van der Waals surface area contributed by atoms with Crippen LogP contribution in [-0.4, -0.2) is 6.54 Å². The summed E-state index contributed by atoms with van der Waals surface area (Å²) in [5, 5.41) is 3.69. The molecule has 3 aromatic rings. The molecule has 0 saturated carbocycles. The van der Waals surface area contributed by atoms with Gasteiger partial charge in [-0.2, -0.15) is 0 Å².